The fourth-order valence-corrected chi connectivity index (χ4v) is 4.80. The fourth-order valence-electron chi connectivity index (χ4n) is 2.67. The average Bonchev–Trinajstić information content (AvgIpc) is 3.01. The van der Waals surface area contributed by atoms with Gasteiger partial charge < -0.3 is 15.3 Å². The molecule has 1 aliphatic rings. The molecule has 2 unspecified atom stereocenters. The van der Waals surface area contributed by atoms with E-state index < -0.39 is 21.9 Å². The summed E-state index contributed by atoms with van der Waals surface area (Å²) in [6.07, 6.45) is 0.565. The Morgan fingerprint density at radius 1 is 1.38 bits per heavy atom. The molecular weight excluding hydrogens is 354 g/mol. The van der Waals surface area contributed by atoms with E-state index in [2.05, 4.69) is 10.0 Å². The Labute approximate surface area is 144 Å². The maximum atomic E-state index is 12.2. The normalized spacial score (nSPS) is 21.5. The molecule has 0 spiro atoms. The predicted octanol–water partition coefficient (Wildman–Crippen LogP) is 0.908. The number of thiophene rings is 1. The lowest BCUT2D eigenvalue weighted by molar-refractivity contribution is -0.143. The van der Waals surface area contributed by atoms with Crippen molar-refractivity contribution in [1.82, 2.24) is 14.9 Å². The van der Waals surface area contributed by atoms with E-state index in [0.717, 1.165) is 11.3 Å². The quantitative estimate of drug-likeness (QED) is 0.707. The monoisotopic (exact) mass is 375 g/mol. The molecule has 1 aromatic rings. The Morgan fingerprint density at radius 3 is 2.71 bits per heavy atom. The minimum atomic E-state index is -3.48. The number of carboxylic acid groups (broad SMARTS) is 1. The van der Waals surface area contributed by atoms with Crippen molar-refractivity contribution in [2.75, 3.05) is 20.1 Å². The van der Waals surface area contributed by atoms with Gasteiger partial charge in [0.15, 0.2) is 0 Å². The zero-order chi connectivity index (χ0) is 17.9. The number of carboxylic acids is 1. The molecule has 134 valence electrons. The number of rotatable bonds is 5. The van der Waals surface area contributed by atoms with Crippen LogP contribution in [0.4, 0.5) is 4.79 Å². The van der Waals surface area contributed by atoms with Gasteiger partial charge in [0.25, 0.3) is 0 Å². The average molecular weight is 375 g/mol. The highest BCUT2D eigenvalue weighted by Gasteiger charge is 2.31. The van der Waals surface area contributed by atoms with Gasteiger partial charge in [0.05, 0.1) is 12.5 Å². The fraction of sp³-hybridized carbons (Fsp3) is 0.571. The highest BCUT2D eigenvalue weighted by Crippen LogP contribution is 2.23. The first-order chi connectivity index (χ1) is 11.2. The summed E-state index contributed by atoms with van der Waals surface area (Å²) >= 11 is 1.08. The molecule has 1 fully saturated rings. The molecule has 8 nitrogen and oxygen atoms in total. The third-order valence-corrected chi connectivity index (χ3v) is 6.87. The summed E-state index contributed by atoms with van der Waals surface area (Å²) < 4.78 is 25.8. The van der Waals surface area contributed by atoms with Crippen molar-refractivity contribution < 1.29 is 23.1 Å². The second-order valence-corrected chi connectivity index (χ2v) is 9.15. The van der Waals surface area contributed by atoms with Crippen LogP contribution in [0.5, 0.6) is 0 Å². The highest BCUT2D eigenvalue weighted by atomic mass is 32.2. The number of sulfonamides is 1. The van der Waals surface area contributed by atoms with Crippen LogP contribution in [0.2, 0.25) is 0 Å². The summed E-state index contributed by atoms with van der Waals surface area (Å²) in [7, 11) is -2.14. The smallest absolute Gasteiger partial charge is 0.317 e. The number of nitrogens with zero attached hydrogens (tertiary/aromatic N) is 1. The predicted molar refractivity (Wildman–Crippen MR) is 89.3 cm³/mol. The molecule has 2 amide bonds. The van der Waals surface area contributed by atoms with E-state index in [4.69, 9.17) is 5.11 Å². The van der Waals surface area contributed by atoms with Crippen molar-refractivity contribution in [3.8, 4) is 0 Å². The van der Waals surface area contributed by atoms with Gasteiger partial charge >= 0.3 is 12.0 Å². The number of aliphatic carboxylic acids is 1. The van der Waals surface area contributed by atoms with E-state index >= 15 is 0 Å². The molecule has 1 saturated heterocycles. The van der Waals surface area contributed by atoms with Crippen LogP contribution in [0.15, 0.2) is 16.3 Å². The molecule has 0 saturated carbocycles. The third kappa shape index (κ3) is 4.46. The van der Waals surface area contributed by atoms with Crippen LogP contribution in [0.1, 0.15) is 18.2 Å². The summed E-state index contributed by atoms with van der Waals surface area (Å²) in [6, 6.07) is 2.80. The van der Waals surface area contributed by atoms with E-state index in [0.29, 0.717) is 17.8 Å². The van der Waals surface area contributed by atoms with Gasteiger partial charge in [-0.15, -0.1) is 11.3 Å². The van der Waals surface area contributed by atoms with Gasteiger partial charge in [-0.3, -0.25) is 4.79 Å². The Morgan fingerprint density at radius 2 is 2.08 bits per heavy atom. The van der Waals surface area contributed by atoms with E-state index in [1.54, 1.807) is 6.07 Å². The molecule has 0 aromatic carbocycles. The van der Waals surface area contributed by atoms with Gasteiger partial charge in [0.1, 0.15) is 4.21 Å². The number of hydrogen-bond acceptors (Lipinski definition) is 5. The minimum Gasteiger partial charge on any atom is -0.481 e. The number of urea groups is 1. The molecule has 3 N–H and O–H groups in total. The highest BCUT2D eigenvalue weighted by molar-refractivity contribution is 7.91. The lowest BCUT2D eigenvalue weighted by Crippen LogP contribution is -2.49. The van der Waals surface area contributed by atoms with Crippen LogP contribution in [0.3, 0.4) is 0 Å². The summed E-state index contributed by atoms with van der Waals surface area (Å²) in [4.78, 5) is 25.6. The van der Waals surface area contributed by atoms with E-state index in [9.17, 15) is 18.0 Å². The topological polar surface area (TPSA) is 116 Å². The summed E-state index contributed by atoms with van der Waals surface area (Å²) in [5.41, 5.74) is 0. The third-order valence-electron chi connectivity index (χ3n) is 3.88. The van der Waals surface area contributed by atoms with Crippen molar-refractivity contribution in [2.24, 2.45) is 11.8 Å². The largest absolute Gasteiger partial charge is 0.481 e. The molecular formula is C14H21N3O5S2. The van der Waals surface area contributed by atoms with Gasteiger partial charge in [-0.05, 0) is 31.5 Å². The lowest BCUT2D eigenvalue weighted by atomic mass is 9.91. The zero-order valence-electron chi connectivity index (χ0n) is 13.5. The first-order valence-electron chi connectivity index (χ1n) is 7.50. The van der Waals surface area contributed by atoms with Crippen LogP contribution >= 0.6 is 11.3 Å². The molecule has 1 aromatic heterocycles. The van der Waals surface area contributed by atoms with Gasteiger partial charge in [0, 0.05) is 18.0 Å². The minimum absolute atomic E-state index is 0.125. The van der Waals surface area contributed by atoms with Crippen LogP contribution in [-0.4, -0.2) is 50.6 Å². The van der Waals surface area contributed by atoms with E-state index in [1.807, 2.05) is 6.92 Å². The molecule has 0 aliphatic carbocycles. The second kappa shape index (κ2) is 7.49. The van der Waals surface area contributed by atoms with Gasteiger partial charge in [-0.25, -0.2) is 17.9 Å². The number of likely N-dealkylation sites (tertiary alicyclic amines) is 1. The molecule has 10 heteroatoms. The maximum absolute atomic E-state index is 12.2. The Bertz CT molecular complexity index is 716. The second-order valence-electron chi connectivity index (χ2n) is 5.87. The van der Waals surface area contributed by atoms with Gasteiger partial charge in [-0.2, -0.15) is 0 Å². The molecule has 2 atom stereocenters. The Kier molecular flexibility index (Phi) is 5.83. The van der Waals surface area contributed by atoms with Crippen LogP contribution in [0, 0.1) is 11.8 Å². The summed E-state index contributed by atoms with van der Waals surface area (Å²) in [6.45, 7) is 2.82. The first kappa shape index (κ1) is 18.7. The number of carbonyl (C=O) groups is 2. The van der Waals surface area contributed by atoms with Crippen molar-refractivity contribution in [3.05, 3.63) is 17.0 Å². The van der Waals surface area contributed by atoms with Crippen molar-refractivity contribution in [3.63, 3.8) is 0 Å². The van der Waals surface area contributed by atoms with Gasteiger partial charge in [0.2, 0.25) is 10.0 Å². The van der Waals surface area contributed by atoms with Crippen molar-refractivity contribution >= 4 is 33.4 Å². The zero-order valence-corrected chi connectivity index (χ0v) is 15.1. The number of carbonyl (C=O) groups excluding carboxylic acids is 1. The van der Waals surface area contributed by atoms with Crippen LogP contribution < -0.4 is 10.0 Å². The molecule has 2 heterocycles. The standard InChI is InChI=1S/C14H21N3O5S2/c1-9-5-10(13(18)19)8-17(7-9)14(20)16-6-11-3-4-12(23-11)24(21,22)15-2/h3-4,9-10,15H,5-8H2,1-2H3,(H,16,20)(H,18,19). The summed E-state index contributed by atoms with van der Waals surface area (Å²) in [5.74, 6) is -1.31. The number of hydrogen-bond donors (Lipinski definition) is 3. The van der Waals surface area contributed by atoms with Crippen molar-refractivity contribution in [1.29, 1.82) is 0 Å². The Balaban J connectivity index is 1.94. The first-order valence-corrected chi connectivity index (χ1v) is 9.80. The number of nitrogens with one attached hydrogen (secondary N) is 2. The Hall–Kier alpha value is -1.65. The molecule has 0 bridgehead atoms. The number of piperidine rings is 1. The molecule has 2 rings (SSSR count). The molecule has 24 heavy (non-hydrogen) atoms. The van der Waals surface area contributed by atoms with Crippen LogP contribution in [0.25, 0.3) is 0 Å². The van der Waals surface area contributed by atoms with Crippen LogP contribution in [-0.2, 0) is 21.4 Å². The van der Waals surface area contributed by atoms with Crippen molar-refractivity contribution in [2.45, 2.75) is 24.1 Å². The number of amides is 2. The molecule has 0 radical (unpaired) electrons. The summed E-state index contributed by atoms with van der Waals surface area (Å²) in [5, 5.41) is 11.9. The van der Waals surface area contributed by atoms with Gasteiger partial charge in [-0.1, -0.05) is 6.92 Å². The SMILES string of the molecule is CNS(=O)(=O)c1ccc(CNC(=O)N2CC(C)CC(C(=O)O)C2)s1. The van der Waals surface area contributed by atoms with E-state index in [1.165, 1.54) is 18.0 Å². The maximum Gasteiger partial charge on any atom is 0.317 e. The van der Waals surface area contributed by atoms with E-state index in [-0.39, 0.29) is 29.2 Å². The molecule has 1 aliphatic heterocycles. The lowest BCUT2D eigenvalue weighted by Gasteiger charge is -2.34.